The lowest BCUT2D eigenvalue weighted by Crippen LogP contribution is -2.40. The number of nitrogens with one attached hydrogen (secondary N) is 1. The Balaban J connectivity index is 1.38. The van der Waals surface area contributed by atoms with Crippen LogP contribution in [0.5, 0.6) is 0 Å². The molecule has 2 amide bonds. The maximum Gasteiger partial charge on any atom is 0.257 e. The highest BCUT2D eigenvalue weighted by Crippen LogP contribution is 2.38. The molecule has 0 radical (unpaired) electrons. The summed E-state index contributed by atoms with van der Waals surface area (Å²) in [6.45, 7) is 7.61. The van der Waals surface area contributed by atoms with Crippen molar-refractivity contribution in [1.29, 1.82) is 0 Å². The van der Waals surface area contributed by atoms with Gasteiger partial charge in [0.25, 0.3) is 11.8 Å². The fraction of sp³-hybridized carbons (Fsp3) is 0.520. The van der Waals surface area contributed by atoms with Gasteiger partial charge in [0.2, 0.25) is 10.0 Å². The number of likely N-dealkylation sites (N-methyl/N-ethyl adjacent to an activating group) is 1. The van der Waals surface area contributed by atoms with Crippen LogP contribution in [0.15, 0.2) is 29.2 Å². The number of rotatable bonds is 6. The first-order valence-corrected chi connectivity index (χ1v) is 14.8. The molecule has 3 aliphatic heterocycles. The molecule has 4 heterocycles. The lowest BCUT2D eigenvalue weighted by Gasteiger charge is -2.26. The van der Waals surface area contributed by atoms with E-state index < -0.39 is 10.0 Å². The van der Waals surface area contributed by atoms with Crippen LogP contribution in [0.4, 0.5) is 5.00 Å². The molecule has 0 atom stereocenters. The molecule has 2 aromatic rings. The summed E-state index contributed by atoms with van der Waals surface area (Å²) in [6.07, 6.45) is 2.80. The summed E-state index contributed by atoms with van der Waals surface area (Å²) in [5.74, 6) is -0.357. The summed E-state index contributed by atoms with van der Waals surface area (Å²) < 4.78 is 32.4. The number of likely N-dealkylation sites (tertiary alicyclic amines) is 1. The van der Waals surface area contributed by atoms with E-state index >= 15 is 0 Å². The Labute approximate surface area is 216 Å². The van der Waals surface area contributed by atoms with Gasteiger partial charge in [0.1, 0.15) is 5.00 Å². The zero-order valence-corrected chi connectivity index (χ0v) is 22.1. The van der Waals surface area contributed by atoms with Gasteiger partial charge < -0.3 is 15.0 Å². The van der Waals surface area contributed by atoms with Crippen molar-refractivity contribution >= 4 is 38.2 Å². The number of ether oxygens (including phenoxy) is 1. The number of nitrogens with zero attached hydrogens (tertiary/aromatic N) is 3. The number of fused-ring (bicyclic) bond motifs is 1. The van der Waals surface area contributed by atoms with Gasteiger partial charge in [-0.2, -0.15) is 4.31 Å². The van der Waals surface area contributed by atoms with Crippen LogP contribution in [0.2, 0.25) is 0 Å². The Hall–Kier alpha value is -2.31. The number of anilines is 1. The summed E-state index contributed by atoms with van der Waals surface area (Å²) in [5.41, 5.74) is 2.04. The Kier molecular flexibility index (Phi) is 7.45. The normalized spacial score (nSPS) is 19.3. The molecule has 1 aromatic heterocycles. The molecule has 0 unspecified atom stereocenters. The van der Waals surface area contributed by atoms with Gasteiger partial charge >= 0.3 is 0 Å². The number of thiophene rings is 1. The van der Waals surface area contributed by atoms with Gasteiger partial charge in [-0.3, -0.25) is 14.5 Å². The second-order valence-electron chi connectivity index (χ2n) is 9.32. The van der Waals surface area contributed by atoms with Crippen molar-refractivity contribution in [3.05, 3.63) is 45.8 Å². The summed E-state index contributed by atoms with van der Waals surface area (Å²) in [6, 6.07) is 5.98. The first-order valence-electron chi connectivity index (χ1n) is 12.5. The highest BCUT2D eigenvalue weighted by molar-refractivity contribution is 7.89. The van der Waals surface area contributed by atoms with Gasteiger partial charge in [-0.15, -0.1) is 11.3 Å². The lowest BCUT2D eigenvalue weighted by atomic mass is 10.0. The molecule has 0 saturated carbocycles. The molecule has 2 fully saturated rings. The number of morpholine rings is 1. The van der Waals surface area contributed by atoms with Crippen LogP contribution < -0.4 is 5.32 Å². The van der Waals surface area contributed by atoms with Gasteiger partial charge in [0, 0.05) is 49.7 Å². The summed E-state index contributed by atoms with van der Waals surface area (Å²) in [5, 5.41) is 3.57. The fourth-order valence-electron chi connectivity index (χ4n) is 5.01. The van der Waals surface area contributed by atoms with E-state index in [-0.39, 0.29) is 16.7 Å². The average Bonchev–Trinajstić information content (AvgIpc) is 3.56. The number of carbonyl (C=O) groups is 2. The van der Waals surface area contributed by atoms with E-state index in [0.717, 1.165) is 62.4 Å². The fourth-order valence-corrected chi connectivity index (χ4v) is 7.69. The Morgan fingerprint density at radius 1 is 1.03 bits per heavy atom. The maximum atomic E-state index is 13.5. The number of benzene rings is 1. The number of sulfonamides is 1. The average molecular weight is 533 g/mol. The van der Waals surface area contributed by atoms with Crippen LogP contribution >= 0.6 is 11.3 Å². The van der Waals surface area contributed by atoms with E-state index in [1.807, 2.05) is 4.90 Å². The van der Waals surface area contributed by atoms with Crippen LogP contribution in [-0.2, 0) is 27.7 Å². The predicted octanol–water partition coefficient (Wildman–Crippen LogP) is 2.64. The molecule has 3 aliphatic rings. The number of carbonyl (C=O) groups excluding carboxylic acids is 2. The Morgan fingerprint density at radius 3 is 2.39 bits per heavy atom. The maximum absolute atomic E-state index is 13.5. The second-order valence-corrected chi connectivity index (χ2v) is 12.4. The second kappa shape index (κ2) is 10.6. The highest BCUT2D eigenvalue weighted by Gasteiger charge is 2.32. The summed E-state index contributed by atoms with van der Waals surface area (Å²) in [4.78, 5) is 32.2. The third kappa shape index (κ3) is 4.95. The summed E-state index contributed by atoms with van der Waals surface area (Å²) >= 11 is 1.48. The van der Waals surface area contributed by atoms with Crippen LogP contribution in [0.1, 0.15) is 50.9 Å². The van der Waals surface area contributed by atoms with Crippen molar-refractivity contribution in [2.75, 3.05) is 57.8 Å². The van der Waals surface area contributed by atoms with Gasteiger partial charge in [0.05, 0.1) is 23.7 Å². The third-order valence-electron chi connectivity index (χ3n) is 7.14. The minimum Gasteiger partial charge on any atom is -0.379 e. The molecule has 5 rings (SSSR count). The first-order chi connectivity index (χ1) is 17.4. The molecule has 0 spiro atoms. The molecular formula is C25H32N4O5S2. The van der Waals surface area contributed by atoms with Crippen molar-refractivity contribution in [1.82, 2.24) is 14.1 Å². The number of amides is 2. The van der Waals surface area contributed by atoms with Crippen LogP contribution in [0.25, 0.3) is 0 Å². The standard InChI is InChI=1S/C25H32N4O5S2/c1-2-27-12-9-20-21(17-27)35-24(22(20)25(31)28-10-3-4-11-28)26-23(30)18-5-7-19(8-6-18)36(32,33)29-13-15-34-16-14-29/h5-8H,2-4,9-17H2,1H3,(H,26,30). The van der Waals surface area contributed by atoms with Gasteiger partial charge in [-0.05, 0) is 55.6 Å². The Morgan fingerprint density at radius 2 is 1.72 bits per heavy atom. The molecule has 11 heteroatoms. The molecule has 0 aliphatic carbocycles. The van der Waals surface area contributed by atoms with Gasteiger partial charge in [-0.1, -0.05) is 6.92 Å². The van der Waals surface area contributed by atoms with E-state index in [0.29, 0.717) is 42.4 Å². The van der Waals surface area contributed by atoms with Crippen molar-refractivity contribution in [2.24, 2.45) is 0 Å². The van der Waals surface area contributed by atoms with Gasteiger partial charge in [0.15, 0.2) is 0 Å². The Bertz CT molecular complexity index is 1230. The molecule has 9 nitrogen and oxygen atoms in total. The summed E-state index contributed by atoms with van der Waals surface area (Å²) in [7, 11) is -3.63. The minimum absolute atomic E-state index is 0.00259. The van der Waals surface area contributed by atoms with Crippen molar-refractivity contribution < 1.29 is 22.7 Å². The minimum atomic E-state index is -3.63. The van der Waals surface area contributed by atoms with E-state index in [4.69, 9.17) is 4.74 Å². The molecule has 0 bridgehead atoms. The largest absolute Gasteiger partial charge is 0.379 e. The van der Waals surface area contributed by atoms with E-state index in [1.165, 1.54) is 39.9 Å². The first kappa shape index (κ1) is 25.3. The lowest BCUT2D eigenvalue weighted by molar-refractivity contribution is 0.0730. The topological polar surface area (TPSA) is 99.3 Å². The smallest absolute Gasteiger partial charge is 0.257 e. The number of hydrogen-bond donors (Lipinski definition) is 1. The van der Waals surface area contributed by atoms with Crippen LogP contribution in [0, 0.1) is 0 Å². The number of hydrogen-bond acceptors (Lipinski definition) is 7. The van der Waals surface area contributed by atoms with Crippen molar-refractivity contribution in [3.8, 4) is 0 Å². The van der Waals surface area contributed by atoms with E-state index in [2.05, 4.69) is 17.1 Å². The van der Waals surface area contributed by atoms with Gasteiger partial charge in [-0.25, -0.2) is 8.42 Å². The zero-order chi connectivity index (χ0) is 25.3. The SMILES string of the molecule is CCN1CCc2c(sc(NC(=O)c3ccc(S(=O)(=O)N4CCOCC4)cc3)c2C(=O)N2CCCC2)C1. The molecule has 2 saturated heterocycles. The predicted molar refractivity (Wildman–Crippen MR) is 138 cm³/mol. The molecule has 1 aromatic carbocycles. The molecular weight excluding hydrogens is 500 g/mol. The molecule has 36 heavy (non-hydrogen) atoms. The zero-order valence-electron chi connectivity index (χ0n) is 20.5. The molecule has 194 valence electrons. The third-order valence-corrected chi connectivity index (χ3v) is 10.2. The molecule has 1 N–H and O–H groups in total. The monoisotopic (exact) mass is 532 g/mol. The van der Waals surface area contributed by atoms with E-state index in [9.17, 15) is 18.0 Å². The van der Waals surface area contributed by atoms with E-state index in [1.54, 1.807) is 0 Å². The van der Waals surface area contributed by atoms with Crippen LogP contribution in [0.3, 0.4) is 0 Å². The van der Waals surface area contributed by atoms with Crippen molar-refractivity contribution in [2.45, 2.75) is 37.6 Å². The van der Waals surface area contributed by atoms with Crippen molar-refractivity contribution in [3.63, 3.8) is 0 Å². The highest BCUT2D eigenvalue weighted by atomic mass is 32.2. The quantitative estimate of drug-likeness (QED) is 0.614. The van der Waals surface area contributed by atoms with Crippen LogP contribution in [-0.4, -0.2) is 86.8 Å².